The fraction of sp³-hybridized carbons (Fsp3) is 0.667. The molecular formula is C12H20N2OS. The molecule has 0 aliphatic rings. The van der Waals surface area contributed by atoms with Crippen LogP contribution in [0.25, 0.3) is 0 Å². The van der Waals surface area contributed by atoms with Crippen molar-refractivity contribution >= 4 is 17.9 Å². The number of hydrogen-bond donors (Lipinski definition) is 1. The van der Waals surface area contributed by atoms with Gasteiger partial charge in [0.2, 0.25) is 5.43 Å². The predicted molar refractivity (Wildman–Crippen MR) is 71.6 cm³/mol. The Labute approximate surface area is 102 Å². The van der Waals surface area contributed by atoms with Crippen LogP contribution in [0.2, 0.25) is 0 Å². The summed E-state index contributed by atoms with van der Waals surface area (Å²) in [6.07, 6.45) is 3.08. The van der Waals surface area contributed by atoms with Crippen LogP contribution in [0.3, 0.4) is 0 Å². The van der Waals surface area contributed by atoms with Gasteiger partial charge in [-0.15, -0.1) is 0 Å². The van der Waals surface area contributed by atoms with E-state index in [0.29, 0.717) is 4.51 Å². The number of anilines is 1. The van der Waals surface area contributed by atoms with Crippen molar-refractivity contribution in [2.24, 2.45) is 0 Å². The first-order valence-electron chi connectivity index (χ1n) is 5.78. The van der Waals surface area contributed by atoms with Crippen LogP contribution in [0.15, 0.2) is 4.79 Å². The molecule has 0 atom stereocenters. The quantitative estimate of drug-likeness (QED) is 0.583. The first-order chi connectivity index (χ1) is 7.57. The third-order valence-electron chi connectivity index (χ3n) is 2.70. The van der Waals surface area contributed by atoms with Crippen LogP contribution in [-0.2, 0) is 6.42 Å². The molecule has 0 bridgehead atoms. The van der Waals surface area contributed by atoms with Crippen molar-refractivity contribution in [3.63, 3.8) is 0 Å². The highest BCUT2D eigenvalue weighted by Crippen LogP contribution is 2.16. The van der Waals surface area contributed by atoms with Crippen LogP contribution in [0.1, 0.15) is 25.3 Å². The molecule has 0 aromatic heterocycles. The van der Waals surface area contributed by atoms with Crippen molar-refractivity contribution in [2.75, 3.05) is 32.5 Å². The molecule has 0 fully saturated rings. The van der Waals surface area contributed by atoms with E-state index in [1.807, 2.05) is 6.92 Å². The van der Waals surface area contributed by atoms with Gasteiger partial charge in [0.25, 0.3) is 0 Å². The van der Waals surface area contributed by atoms with E-state index in [1.54, 1.807) is 0 Å². The maximum absolute atomic E-state index is 11.4. The first kappa shape index (κ1) is 13.3. The molecule has 0 aliphatic heterocycles. The van der Waals surface area contributed by atoms with Crippen molar-refractivity contribution in [1.82, 2.24) is 4.90 Å². The van der Waals surface area contributed by atoms with Gasteiger partial charge in [0, 0.05) is 12.1 Å². The van der Waals surface area contributed by atoms with E-state index < -0.39 is 0 Å². The minimum Gasteiger partial charge on any atom is -0.382 e. The van der Waals surface area contributed by atoms with Crippen LogP contribution in [0.4, 0.5) is 5.69 Å². The van der Waals surface area contributed by atoms with Gasteiger partial charge in [-0.2, -0.15) is 0 Å². The molecule has 0 radical (unpaired) electrons. The van der Waals surface area contributed by atoms with Gasteiger partial charge in [0.15, 0.2) is 0 Å². The molecule has 1 rings (SSSR count). The fourth-order valence-electron chi connectivity index (χ4n) is 1.73. The monoisotopic (exact) mass is 240 g/mol. The molecule has 16 heavy (non-hydrogen) atoms. The number of nitrogens with one attached hydrogen (secondary N) is 1. The van der Waals surface area contributed by atoms with Crippen LogP contribution in [0.5, 0.6) is 0 Å². The number of unbranched alkanes of at least 4 members (excludes halogenated alkanes) is 1. The summed E-state index contributed by atoms with van der Waals surface area (Å²) in [5, 5.41) is 3.20. The van der Waals surface area contributed by atoms with Crippen molar-refractivity contribution in [2.45, 2.75) is 26.2 Å². The Morgan fingerprint density at radius 2 is 2.00 bits per heavy atom. The Kier molecular flexibility index (Phi) is 5.09. The second kappa shape index (κ2) is 6.11. The van der Waals surface area contributed by atoms with Gasteiger partial charge in [-0.3, -0.25) is 4.79 Å². The second-order valence-corrected chi connectivity index (χ2v) is 4.71. The molecule has 3 nitrogen and oxygen atoms in total. The molecule has 0 unspecified atom stereocenters. The van der Waals surface area contributed by atoms with E-state index in [0.717, 1.165) is 43.6 Å². The topological polar surface area (TPSA) is 32.3 Å². The molecule has 0 saturated heterocycles. The van der Waals surface area contributed by atoms with E-state index in [4.69, 9.17) is 12.2 Å². The molecule has 90 valence electrons. The summed E-state index contributed by atoms with van der Waals surface area (Å²) in [5.74, 6) is 0. The van der Waals surface area contributed by atoms with Crippen molar-refractivity contribution < 1.29 is 0 Å². The summed E-state index contributed by atoms with van der Waals surface area (Å²) >= 11 is 4.99. The normalized spacial score (nSPS) is 11.2. The third-order valence-corrected chi connectivity index (χ3v) is 3.13. The minimum absolute atomic E-state index is 0.0273. The van der Waals surface area contributed by atoms with Crippen molar-refractivity contribution in [3.8, 4) is 0 Å². The van der Waals surface area contributed by atoms with E-state index in [-0.39, 0.29) is 5.43 Å². The lowest BCUT2D eigenvalue weighted by atomic mass is 10.1. The Hall–Kier alpha value is -0.740. The second-order valence-electron chi connectivity index (χ2n) is 4.30. The molecule has 0 amide bonds. The number of nitrogens with zero attached hydrogens (tertiary/aromatic N) is 1. The predicted octanol–water partition coefficient (Wildman–Crippen LogP) is 1.97. The Morgan fingerprint density at radius 1 is 1.31 bits per heavy atom. The molecule has 1 aromatic carbocycles. The van der Waals surface area contributed by atoms with Crippen LogP contribution in [0, 0.1) is 4.51 Å². The number of hydrogen-bond acceptors (Lipinski definition) is 4. The zero-order valence-corrected chi connectivity index (χ0v) is 11.1. The van der Waals surface area contributed by atoms with Gasteiger partial charge >= 0.3 is 0 Å². The van der Waals surface area contributed by atoms with Gasteiger partial charge in [-0.1, -0.05) is 19.1 Å². The van der Waals surface area contributed by atoms with Crippen molar-refractivity contribution in [3.05, 3.63) is 20.3 Å². The number of rotatable bonds is 7. The molecule has 0 saturated carbocycles. The Balaban J connectivity index is 2.30. The van der Waals surface area contributed by atoms with Crippen LogP contribution < -0.4 is 10.7 Å². The standard InChI is InChI=1S/C12H20N2OS/c1-4-9-10(11(15)12(9)16)13-7-5-6-8-14(2)3/h13H,4-8H2,1-3H3. The van der Waals surface area contributed by atoms with Gasteiger partial charge in [0.1, 0.15) is 0 Å². The van der Waals surface area contributed by atoms with Gasteiger partial charge in [0.05, 0.1) is 10.2 Å². The lowest BCUT2D eigenvalue weighted by Crippen LogP contribution is -2.22. The summed E-state index contributed by atoms with van der Waals surface area (Å²) in [6, 6.07) is 0. The van der Waals surface area contributed by atoms with Gasteiger partial charge in [-0.25, -0.2) is 0 Å². The molecule has 0 spiro atoms. The van der Waals surface area contributed by atoms with E-state index in [9.17, 15) is 4.79 Å². The van der Waals surface area contributed by atoms with Crippen LogP contribution >= 0.6 is 12.2 Å². The smallest absolute Gasteiger partial charge is 0.220 e. The zero-order valence-electron chi connectivity index (χ0n) is 10.3. The molecule has 1 N–H and O–H groups in total. The Morgan fingerprint density at radius 3 is 2.56 bits per heavy atom. The summed E-state index contributed by atoms with van der Waals surface area (Å²) in [4.78, 5) is 13.6. The molecule has 4 heteroatoms. The zero-order chi connectivity index (χ0) is 12.1. The average molecular weight is 240 g/mol. The fourth-order valence-corrected chi connectivity index (χ4v) is 2.08. The summed E-state index contributed by atoms with van der Waals surface area (Å²) in [5.41, 5.74) is 1.82. The van der Waals surface area contributed by atoms with E-state index >= 15 is 0 Å². The third kappa shape index (κ3) is 3.12. The molecule has 0 heterocycles. The molecule has 0 aliphatic carbocycles. The van der Waals surface area contributed by atoms with Gasteiger partial charge < -0.3 is 10.2 Å². The largest absolute Gasteiger partial charge is 0.382 e. The minimum atomic E-state index is 0.0273. The lowest BCUT2D eigenvalue weighted by molar-refractivity contribution is 0.396. The molecular weight excluding hydrogens is 220 g/mol. The SMILES string of the molecule is CCc1c(NCCCCN(C)C)c(=O)c1=S. The first-order valence-corrected chi connectivity index (χ1v) is 6.19. The highest BCUT2D eigenvalue weighted by molar-refractivity contribution is 7.71. The van der Waals surface area contributed by atoms with E-state index in [1.165, 1.54) is 0 Å². The van der Waals surface area contributed by atoms with Crippen molar-refractivity contribution in [1.29, 1.82) is 0 Å². The summed E-state index contributed by atoms with van der Waals surface area (Å²) < 4.78 is 0.526. The highest BCUT2D eigenvalue weighted by Gasteiger charge is 2.14. The highest BCUT2D eigenvalue weighted by atomic mass is 32.1. The summed E-state index contributed by atoms with van der Waals surface area (Å²) in [6.45, 7) is 3.98. The molecule has 1 aromatic rings. The maximum atomic E-state index is 11.4. The lowest BCUT2D eigenvalue weighted by Gasteiger charge is -2.14. The van der Waals surface area contributed by atoms with Crippen LogP contribution in [-0.4, -0.2) is 32.1 Å². The van der Waals surface area contributed by atoms with E-state index in [2.05, 4.69) is 24.3 Å². The summed E-state index contributed by atoms with van der Waals surface area (Å²) in [7, 11) is 4.14. The average Bonchev–Trinajstić information content (AvgIpc) is 2.26. The van der Waals surface area contributed by atoms with Gasteiger partial charge in [-0.05, 0) is 39.9 Å². The maximum Gasteiger partial charge on any atom is 0.220 e. The Bertz CT molecular complexity index is 405.